The molecule has 2 atom stereocenters. The van der Waals surface area contributed by atoms with Crippen LogP contribution in [0.25, 0.3) is 0 Å². The normalized spacial score (nSPS) is 20.4. The second-order valence-corrected chi connectivity index (χ2v) is 10.5. The number of hydrogen-bond donors (Lipinski definition) is 1. The SMILES string of the molecule is COc1ccc2c(c1)OC(C(C)C)C(=O)N(Cc1ccc(N(C)C)cc1)C2C(=O)NC1CCCCC1. The van der Waals surface area contributed by atoms with Gasteiger partial charge in [-0.15, -0.1) is 0 Å². The summed E-state index contributed by atoms with van der Waals surface area (Å²) in [4.78, 5) is 31.6. The van der Waals surface area contributed by atoms with E-state index in [4.69, 9.17) is 9.47 Å². The standard InChI is InChI=1S/C29H39N3O4/c1-19(2)27-29(34)32(18-20-11-13-22(14-12-20)31(3)4)26(28(33)30-21-9-7-6-8-10-21)24-16-15-23(35-5)17-25(24)36-27/h11-17,19,21,26-27H,6-10,18H2,1-5H3,(H,30,33). The summed E-state index contributed by atoms with van der Waals surface area (Å²) in [5, 5.41) is 3.26. The van der Waals surface area contributed by atoms with Crippen LogP contribution in [0.4, 0.5) is 5.69 Å². The molecule has 2 aliphatic rings. The van der Waals surface area contributed by atoms with Crippen LogP contribution < -0.4 is 19.7 Å². The molecule has 2 aromatic rings. The summed E-state index contributed by atoms with van der Waals surface area (Å²) in [6, 6.07) is 12.9. The molecule has 1 saturated carbocycles. The fourth-order valence-electron chi connectivity index (χ4n) is 5.11. The monoisotopic (exact) mass is 493 g/mol. The Morgan fingerprint density at radius 2 is 1.81 bits per heavy atom. The first-order valence-corrected chi connectivity index (χ1v) is 13.0. The summed E-state index contributed by atoms with van der Waals surface area (Å²) in [6.07, 6.45) is 4.67. The molecule has 1 heterocycles. The van der Waals surface area contributed by atoms with E-state index in [0.29, 0.717) is 23.6 Å². The molecule has 0 aromatic heterocycles. The van der Waals surface area contributed by atoms with Gasteiger partial charge in [0.15, 0.2) is 6.10 Å². The van der Waals surface area contributed by atoms with Crippen molar-refractivity contribution in [3.05, 3.63) is 53.6 Å². The Labute approximate surface area is 214 Å². The van der Waals surface area contributed by atoms with Crippen molar-refractivity contribution in [1.29, 1.82) is 0 Å². The third-order valence-electron chi connectivity index (χ3n) is 7.22. The molecule has 7 nitrogen and oxygen atoms in total. The lowest BCUT2D eigenvalue weighted by atomic mass is 9.94. The van der Waals surface area contributed by atoms with E-state index in [1.165, 1.54) is 6.42 Å². The molecule has 2 amide bonds. The molecule has 36 heavy (non-hydrogen) atoms. The van der Waals surface area contributed by atoms with E-state index in [2.05, 4.69) is 5.32 Å². The highest BCUT2D eigenvalue weighted by molar-refractivity contribution is 5.92. The highest BCUT2D eigenvalue weighted by atomic mass is 16.5. The van der Waals surface area contributed by atoms with Crippen molar-refractivity contribution in [2.24, 2.45) is 5.92 Å². The van der Waals surface area contributed by atoms with Crippen molar-refractivity contribution in [2.45, 2.75) is 70.7 Å². The van der Waals surface area contributed by atoms with Crippen molar-refractivity contribution in [3.63, 3.8) is 0 Å². The molecule has 1 fully saturated rings. The van der Waals surface area contributed by atoms with Gasteiger partial charge in [0.05, 0.1) is 7.11 Å². The Morgan fingerprint density at radius 3 is 2.42 bits per heavy atom. The molecular formula is C29H39N3O4. The largest absolute Gasteiger partial charge is 0.497 e. The predicted octanol–water partition coefficient (Wildman–Crippen LogP) is 4.70. The number of carbonyl (C=O) groups is 2. The number of rotatable bonds is 7. The van der Waals surface area contributed by atoms with Crippen LogP contribution in [-0.2, 0) is 16.1 Å². The van der Waals surface area contributed by atoms with Crippen LogP contribution in [0.2, 0.25) is 0 Å². The number of carbonyl (C=O) groups excluding carboxylic acids is 2. The second kappa shape index (κ2) is 11.2. The molecule has 0 bridgehead atoms. The van der Waals surface area contributed by atoms with Crippen LogP contribution in [0.1, 0.15) is 63.1 Å². The van der Waals surface area contributed by atoms with E-state index in [1.807, 2.05) is 69.2 Å². The Balaban J connectivity index is 1.76. The van der Waals surface area contributed by atoms with Gasteiger partial charge in [0, 0.05) is 44.0 Å². The Kier molecular flexibility index (Phi) is 8.07. The fourth-order valence-corrected chi connectivity index (χ4v) is 5.11. The van der Waals surface area contributed by atoms with Gasteiger partial charge in [-0.05, 0) is 48.6 Å². The Morgan fingerprint density at radius 1 is 1.11 bits per heavy atom. The molecule has 1 aliphatic carbocycles. The third kappa shape index (κ3) is 5.61. The average Bonchev–Trinajstić information content (AvgIpc) is 2.99. The summed E-state index contributed by atoms with van der Waals surface area (Å²) in [6.45, 7) is 4.25. The van der Waals surface area contributed by atoms with Gasteiger partial charge in [0.1, 0.15) is 17.5 Å². The molecule has 0 spiro atoms. The first-order chi connectivity index (χ1) is 17.3. The van der Waals surface area contributed by atoms with Crippen molar-refractivity contribution < 1.29 is 19.1 Å². The van der Waals surface area contributed by atoms with E-state index in [9.17, 15) is 9.59 Å². The van der Waals surface area contributed by atoms with Gasteiger partial charge >= 0.3 is 0 Å². The summed E-state index contributed by atoms with van der Waals surface area (Å²) in [7, 11) is 5.59. The minimum Gasteiger partial charge on any atom is -0.497 e. The average molecular weight is 494 g/mol. The van der Waals surface area contributed by atoms with Gasteiger partial charge in [-0.1, -0.05) is 45.2 Å². The number of amides is 2. The number of hydrogen-bond acceptors (Lipinski definition) is 5. The summed E-state index contributed by atoms with van der Waals surface area (Å²) < 4.78 is 11.7. The Bertz CT molecular complexity index is 1060. The van der Waals surface area contributed by atoms with Crippen LogP contribution in [-0.4, -0.2) is 50.1 Å². The lowest BCUT2D eigenvalue weighted by molar-refractivity contribution is -0.147. The fraction of sp³-hybridized carbons (Fsp3) is 0.517. The summed E-state index contributed by atoms with van der Waals surface area (Å²) in [5.74, 6) is 0.745. The number of ether oxygens (including phenoxy) is 2. The molecular weight excluding hydrogens is 454 g/mol. The second-order valence-electron chi connectivity index (χ2n) is 10.5. The molecule has 7 heteroatoms. The topological polar surface area (TPSA) is 71.1 Å². The van der Waals surface area contributed by atoms with Gasteiger partial charge in [0.2, 0.25) is 5.91 Å². The van der Waals surface area contributed by atoms with Crippen LogP contribution in [0, 0.1) is 5.92 Å². The molecule has 0 saturated heterocycles. The zero-order valence-electron chi connectivity index (χ0n) is 22.1. The van der Waals surface area contributed by atoms with E-state index < -0.39 is 12.1 Å². The minimum absolute atomic E-state index is 0.0738. The van der Waals surface area contributed by atoms with Crippen molar-refractivity contribution in [2.75, 3.05) is 26.1 Å². The van der Waals surface area contributed by atoms with Gasteiger partial charge in [-0.2, -0.15) is 0 Å². The van der Waals surface area contributed by atoms with Gasteiger partial charge in [0.25, 0.3) is 5.91 Å². The molecule has 4 rings (SSSR count). The smallest absolute Gasteiger partial charge is 0.265 e. The molecule has 1 aliphatic heterocycles. The van der Waals surface area contributed by atoms with Crippen molar-refractivity contribution >= 4 is 17.5 Å². The lowest BCUT2D eigenvalue weighted by Gasteiger charge is -2.33. The quantitative estimate of drug-likeness (QED) is 0.606. The minimum atomic E-state index is -0.794. The van der Waals surface area contributed by atoms with Crippen LogP contribution in [0.15, 0.2) is 42.5 Å². The van der Waals surface area contributed by atoms with Gasteiger partial charge in [-0.3, -0.25) is 9.59 Å². The number of methoxy groups -OCH3 is 1. The first kappa shape index (κ1) is 25.9. The maximum atomic E-state index is 14.0. The van der Waals surface area contributed by atoms with Gasteiger partial charge in [-0.25, -0.2) is 0 Å². The molecule has 194 valence electrons. The number of nitrogens with one attached hydrogen (secondary N) is 1. The summed E-state index contributed by atoms with van der Waals surface area (Å²) in [5.41, 5.74) is 2.72. The molecule has 0 radical (unpaired) electrons. The van der Waals surface area contributed by atoms with E-state index >= 15 is 0 Å². The molecule has 2 aromatic carbocycles. The zero-order valence-corrected chi connectivity index (χ0v) is 22.1. The number of fused-ring (bicyclic) bond motifs is 1. The number of anilines is 1. The summed E-state index contributed by atoms with van der Waals surface area (Å²) >= 11 is 0. The lowest BCUT2D eigenvalue weighted by Crippen LogP contribution is -2.49. The van der Waals surface area contributed by atoms with Crippen molar-refractivity contribution in [1.82, 2.24) is 10.2 Å². The Hall–Kier alpha value is -3.22. The highest BCUT2D eigenvalue weighted by Crippen LogP contribution is 2.39. The van der Waals surface area contributed by atoms with E-state index in [-0.39, 0.29) is 23.8 Å². The third-order valence-corrected chi connectivity index (χ3v) is 7.22. The first-order valence-electron chi connectivity index (χ1n) is 13.0. The van der Waals surface area contributed by atoms with Gasteiger partial charge < -0.3 is 24.6 Å². The maximum absolute atomic E-state index is 14.0. The van der Waals surface area contributed by atoms with Crippen molar-refractivity contribution in [3.8, 4) is 11.5 Å². The maximum Gasteiger partial charge on any atom is 0.265 e. The highest BCUT2D eigenvalue weighted by Gasteiger charge is 2.42. The van der Waals surface area contributed by atoms with E-state index in [0.717, 1.165) is 36.9 Å². The van der Waals surface area contributed by atoms with Crippen LogP contribution in [0.5, 0.6) is 11.5 Å². The predicted molar refractivity (Wildman–Crippen MR) is 141 cm³/mol. The zero-order chi connectivity index (χ0) is 25.8. The van der Waals surface area contributed by atoms with Crippen LogP contribution >= 0.6 is 0 Å². The number of nitrogens with zero attached hydrogens (tertiary/aromatic N) is 2. The van der Waals surface area contributed by atoms with E-state index in [1.54, 1.807) is 18.1 Å². The van der Waals surface area contributed by atoms with Crippen LogP contribution in [0.3, 0.4) is 0 Å². The molecule has 2 unspecified atom stereocenters. The molecule has 1 N–H and O–H groups in total. The number of benzene rings is 2.